The molecule has 0 aromatic heterocycles. The Balaban J connectivity index is 2.20. The molecule has 4 heteroatoms. The molecule has 4 nitrogen and oxygen atoms in total. The van der Waals surface area contributed by atoms with E-state index in [-0.39, 0.29) is 12.1 Å². The summed E-state index contributed by atoms with van der Waals surface area (Å²) in [6.45, 7) is 5.41. The molecule has 0 radical (unpaired) electrons. The summed E-state index contributed by atoms with van der Waals surface area (Å²) >= 11 is 0. The number of hydrogen-bond acceptors (Lipinski definition) is 3. The zero-order chi connectivity index (χ0) is 14.0. The van der Waals surface area contributed by atoms with Crippen LogP contribution in [0.15, 0.2) is 24.3 Å². The fraction of sp³-hybridized carbons (Fsp3) is 0.533. The second kappa shape index (κ2) is 5.72. The van der Waals surface area contributed by atoms with Crippen LogP contribution in [0.2, 0.25) is 0 Å². The minimum absolute atomic E-state index is 0.0103. The molecule has 2 unspecified atom stereocenters. The number of benzene rings is 1. The maximum atomic E-state index is 12.1. The Hall–Kier alpha value is -1.39. The predicted octanol–water partition coefficient (Wildman–Crippen LogP) is 1.38. The van der Waals surface area contributed by atoms with Crippen LogP contribution in [0.5, 0.6) is 0 Å². The van der Waals surface area contributed by atoms with E-state index in [0.717, 1.165) is 6.54 Å². The molecule has 1 aliphatic rings. The summed E-state index contributed by atoms with van der Waals surface area (Å²) in [6, 6.07) is 8.59. The molecule has 2 rings (SSSR count). The normalized spacial score (nSPS) is 21.2. The molecule has 1 fully saturated rings. The summed E-state index contributed by atoms with van der Waals surface area (Å²) in [4.78, 5) is 16.2. The van der Waals surface area contributed by atoms with E-state index >= 15 is 0 Å². The van der Waals surface area contributed by atoms with Gasteiger partial charge in [-0.1, -0.05) is 24.3 Å². The highest BCUT2D eigenvalue weighted by Crippen LogP contribution is 2.25. The molecular formula is C15H23N3O. The molecule has 0 saturated carbocycles. The number of likely N-dealkylation sites (N-methyl/N-ethyl adjacent to an activating group) is 1. The topological polar surface area (TPSA) is 35.6 Å². The molecule has 1 aromatic rings. The molecular weight excluding hydrogens is 238 g/mol. The Morgan fingerprint density at radius 1 is 1.42 bits per heavy atom. The lowest BCUT2D eigenvalue weighted by molar-refractivity contribution is -0.128. The van der Waals surface area contributed by atoms with Crippen molar-refractivity contribution in [2.45, 2.75) is 26.1 Å². The van der Waals surface area contributed by atoms with E-state index in [2.05, 4.69) is 36.2 Å². The molecule has 0 aliphatic carbocycles. The van der Waals surface area contributed by atoms with Crippen molar-refractivity contribution in [3.05, 3.63) is 35.4 Å². The quantitative estimate of drug-likeness (QED) is 0.889. The number of carbonyl (C=O) groups is 1. The van der Waals surface area contributed by atoms with Crippen LogP contribution in [0.25, 0.3) is 0 Å². The van der Waals surface area contributed by atoms with Gasteiger partial charge in [-0.05, 0) is 39.1 Å². The average Bonchev–Trinajstić information content (AvgIpc) is 2.72. The largest absolute Gasteiger partial charge is 0.320 e. The highest BCUT2D eigenvalue weighted by atomic mass is 16.2. The fourth-order valence-corrected chi connectivity index (χ4v) is 2.37. The summed E-state index contributed by atoms with van der Waals surface area (Å²) in [5.74, 6) is 0.182. The molecule has 19 heavy (non-hydrogen) atoms. The molecule has 0 bridgehead atoms. The van der Waals surface area contributed by atoms with Crippen LogP contribution >= 0.6 is 0 Å². The Bertz CT molecular complexity index is 458. The van der Waals surface area contributed by atoms with Gasteiger partial charge in [-0.15, -0.1) is 0 Å². The Morgan fingerprint density at radius 3 is 2.74 bits per heavy atom. The summed E-state index contributed by atoms with van der Waals surface area (Å²) in [5, 5.41) is 3.32. The van der Waals surface area contributed by atoms with Crippen LogP contribution in [0.3, 0.4) is 0 Å². The molecule has 1 N–H and O–H groups in total. The fourth-order valence-electron chi connectivity index (χ4n) is 2.37. The average molecular weight is 261 g/mol. The number of carbonyl (C=O) groups excluding carboxylic acids is 1. The minimum atomic E-state index is 0.0103. The van der Waals surface area contributed by atoms with Gasteiger partial charge in [0, 0.05) is 12.6 Å². The first kappa shape index (κ1) is 14.0. The smallest absolute Gasteiger partial charge is 0.238 e. The summed E-state index contributed by atoms with van der Waals surface area (Å²) < 4.78 is 0. The van der Waals surface area contributed by atoms with Crippen molar-refractivity contribution >= 4 is 5.91 Å². The van der Waals surface area contributed by atoms with Crippen LogP contribution in [-0.2, 0) is 4.79 Å². The third-order valence-corrected chi connectivity index (χ3v) is 3.90. The molecule has 1 heterocycles. The lowest BCUT2D eigenvalue weighted by atomic mass is 10.1. The van der Waals surface area contributed by atoms with E-state index < -0.39 is 0 Å². The minimum Gasteiger partial charge on any atom is -0.320 e. The molecule has 0 spiro atoms. The number of nitrogens with one attached hydrogen (secondary N) is 1. The monoisotopic (exact) mass is 261 g/mol. The van der Waals surface area contributed by atoms with E-state index in [1.54, 1.807) is 0 Å². The van der Waals surface area contributed by atoms with Gasteiger partial charge in [-0.3, -0.25) is 10.1 Å². The maximum Gasteiger partial charge on any atom is 0.238 e. The van der Waals surface area contributed by atoms with Gasteiger partial charge in [0.15, 0.2) is 0 Å². The predicted molar refractivity (Wildman–Crippen MR) is 76.8 cm³/mol. The second-order valence-corrected chi connectivity index (χ2v) is 5.50. The molecule has 1 aromatic carbocycles. The van der Waals surface area contributed by atoms with E-state index in [1.165, 1.54) is 11.1 Å². The van der Waals surface area contributed by atoms with Gasteiger partial charge in [-0.2, -0.15) is 0 Å². The van der Waals surface area contributed by atoms with Gasteiger partial charge in [0.2, 0.25) is 5.91 Å². The lowest BCUT2D eigenvalue weighted by Crippen LogP contribution is -2.41. The SMILES string of the molecule is Cc1ccccc1C1NCC(=O)N1CC(C)N(C)C. The van der Waals surface area contributed by atoms with Crippen LogP contribution in [0.4, 0.5) is 0 Å². The molecule has 1 aliphatic heterocycles. The zero-order valence-electron chi connectivity index (χ0n) is 12.2. The number of hydrogen-bond donors (Lipinski definition) is 1. The third-order valence-electron chi connectivity index (χ3n) is 3.90. The van der Waals surface area contributed by atoms with Gasteiger partial charge >= 0.3 is 0 Å². The Labute approximate surface area is 115 Å². The van der Waals surface area contributed by atoms with E-state index in [1.807, 2.05) is 31.1 Å². The van der Waals surface area contributed by atoms with Crippen LogP contribution in [-0.4, -0.2) is 48.9 Å². The zero-order valence-corrected chi connectivity index (χ0v) is 12.2. The van der Waals surface area contributed by atoms with Crippen molar-refractivity contribution < 1.29 is 4.79 Å². The van der Waals surface area contributed by atoms with E-state index in [4.69, 9.17) is 0 Å². The van der Waals surface area contributed by atoms with Crippen LogP contribution in [0, 0.1) is 6.92 Å². The van der Waals surface area contributed by atoms with Crippen molar-refractivity contribution in [1.82, 2.24) is 15.1 Å². The highest BCUT2D eigenvalue weighted by molar-refractivity contribution is 5.81. The van der Waals surface area contributed by atoms with Crippen molar-refractivity contribution in [1.29, 1.82) is 0 Å². The Kier molecular flexibility index (Phi) is 4.22. The first-order valence-corrected chi connectivity index (χ1v) is 6.75. The first-order chi connectivity index (χ1) is 9.00. The van der Waals surface area contributed by atoms with Gasteiger partial charge in [0.25, 0.3) is 0 Å². The standard InChI is InChI=1S/C15H23N3O/c1-11-7-5-6-8-13(11)15-16-9-14(19)18(15)10-12(2)17(3)4/h5-8,12,15-16H,9-10H2,1-4H3. The summed E-state index contributed by atoms with van der Waals surface area (Å²) in [6.07, 6.45) is 0.0103. The van der Waals surface area contributed by atoms with Gasteiger partial charge in [0.1, 0.15) is 6.17 Å². The highest BCUT2D eigenvalue weighted by Gasteiger charge is 2.33. The van der Waals surface area contributed by atoms with Crippen molar-refractivity contribution in [3.63, 3.8) is 0 Å². The van der Waals surface area contributed by atoms with E-state index in [0.29, 0.717) is 12.6 Å². The number of rotatable bonds is 4. The van der Waals surface area contributed by atoms with Gasteiger partial charge in [0.05, 0.1) is 6.54 Å². The number of amides is 1. The van der Waals surface area contributed by atoms with Crippen LogP contribution < -0.4 is 5.32 Å². The van der Waals surface area contributed by atoms with Crippen molar-refractivity contribution in [2.24, 2.45) is 0 Å². The van der Waals surface area contributed by atoms with E-state index in [9.17, 15) is 4.79 Å². The summed E-state index contributed by atoms with van der Waals surface area (Å²) in [7, 11) is 4.09. The summed E-state index contributed by atoms with van der Waals surface area (Å²) in [5.41, 5.74) is 2.41. The molecule has 1 amide bonds. The molecule has 1 saturated heterocycles. The van der Waals surface area contributed by atoms with Gasteiger partial charge in [-0.25, -0.2) is 0 Å². The second-order valence-electron chi connectivity index (χ2n) is 5.50. The molecule has 2 atom stereocenters. The molecule has 104 valence electrons. The van der Waals surface area contributed by atoms with Crippen molar-refractivity contribution in [2.75, 3.05) is 27.2 Å². The Morgan fingerprint density at radius 2 is 2.11 bits per heavy atom. The number of nitrogens with zero attached hydrogens (tertiary/aromatic N) is 2. The third kappa shape index (κ3) is 2.96. The van der Waals surface area contributed by atoms with Crippen LogP contribution in [0.1, 0.15) is 24.2 Å². The van der Waals surface area contributed by atoms with Gasteiger partial charge < -0.3 is 9.80 Å². The number of aryl methyl sites for hydroxylation is 1. The maximum absolute atomic E-state index is 12.1. The van der Waals surface area contributed by atoms with Crippen molar-refractivity contribution in [3.8, 4) is 0 Å². The lowest BCUT2D eigenvalue weighted by Gasteiger charge is -2.31. The first-order valence-electron chi connectivity index (χ1n) is 6.75.